The van der Waals surface area contributed by atoms with E-state index in [-0.39, 0.29) is 18.2 Å². The van der Waals surface area contributed by atoms with Gasteiger partial charge >= 0.3 is 0 Å². The lowest BCUT2D eigenvalue weighted by Crippen LogP contribution is -2.46. The van der Waals surface area contributed by atoms with Crippen LogP contribution in [0.15, 0.2) is 48.7 Å². The Morgan fingerprint density at radius 1 is 1.00 bits per heavy atom. The maximum atomic E-state index is 13.5. The number of H-pyrrole nitrogens is 1. The number of fused-ring (bicyclic) bond motifs is 1. The molecular weight excluding hydrogens is 384 g/mol. The number of anilines is 1. The van der Waals surface area contributed by atoms with Crippen LogP contribution in [0, 0.1) is 11.6 Å². The summed E-state index contributed by atoms with van der Waals surface area (Å²) in [6.07, 6.45) is 2.79. The number of ether oxygens (including phenoxy) is 1. The molecule has 1 saturated heterocycles. The molecule has 0 aliphatic carbocycles. The van der Waals surface area contributed by atoms with Gasteiger partial charge in [-0.2, -0.15) is 0 Å². The number of nitrogens with one attached hydrogen (secondary N) is 1. The third-order valence-electron chi connectivity index (χ3n) is 5.06. The maximum absolute atomic E-state index is 13.5. The van der Waals surface area contributed by atoms with Crippen molar-refractivity contribution in [2.45, 2.75) is 6.42 Å². The first kappa shape index (κ1) is 20.4. The molecule has 1 aromatic heterocycles. The molecular formula is C21H24ClF2N3O. The molecule has 0 unspecified atom stereocenters. The zero-order valence-corrected chi connectivity index (χ0v) is 16.4. The number of aromatic nitrogens is 1. The number of piperazine rings is 1. The van der Waals surface area contributed by atoms with E-state index in [4.69, 9.17) is 4.74 Å². The van der Waals surface area contributed by atoms with Crippen molar-refractivity contribution in [1.29, 1.82) is 0 Å². The van der Waals surface area contributed by atoms with Crippen LogP contribution in [0.3, 0.4) is 0 Å². The van der Waals surface area contributed by atoms with Crippen LogP contribution in [0.2, 0.25) is 0 Å². The van der Waals surface area contributed by atoms with E-state index in [0.29, 0.717) is 6.61 Å². The largest absolute Gasteiger partial charge is 0.490 e. The molecule has 0 bridgehead atoms. The first-order valence-electron chi connectivity index (χ1n) is 9.32. The number of rotatable bonds is 6. The van der Waals surface area contributed by atoms with Crippen molar-refractivity contribution in [1.82, 2.24) is 9.88 Å². The van der Waals surface area contributed by atoms with Gasteiger partial charge in [0.15, 0.2) is 11.6 Å². The standard InChI is InChI=1S/C21H23F2N3O.ClH/c22-16-5-6-21(18(23)15-16)27-14-2-9-25-10-12-26(13-11-25)20-4-1-3-19-17(20)7-8-24-19;/h1,3-8,15,24H,2,9-14H2;1H. The minimum atomic E-state index is -0.650. The fourth-order valence-corrected chi connectivity index (χ4v) is 3.62. The molecule has 1 aliphatic rings. The van der Waals surface area contributed by atoms with E-state index in [1.165, 1.54) is 28.7 Å². The van der Waals surface area contributed by atoms with Gasteiger partial charge in [-0.15, -0.1) is 12.4 Å². The Labute approximate surface area is 169 Å². The summed E-state index contributed by atoms with van der Waals surface area (Å²) in [5, 5.41) is 1.26. The van der Waals surface area contributed by atoms with Gasteiger partial charge in [-0.1, -0.05) is 6.07 Å². The lowest BCUT2D eigenvalue weighted by molar-refractivity contribution is 0.221. The molecule has 2 aromatic carbocycles. The quantitative estimate of drug-likeness (QED) is 0.612. The van der Waals surface area contributed by atoms with Crippen LogP contribution in [-0.4, -0.2) is 49.2 Å². The molecule has 28 heavy (non-hydrogen) atoms. The third-order valence-corrected chi connectivity index (χ3v) is 5.06. The van der Waals surface area contributed by atoms with Crippen LogP contribution < -0.4 is 9.64 Å². The molecule has 2 heterocycles. The van der Waals surface area contributed by atoms with Gasteiger partial charge in [0.25, 0.3) is 0 Å². The molecule has 0 atom stereocenters. The Bertz CT molecular complexity index is 910. The average molecular weight is 408 g/mol. The molecule has 4 nitrogen and oxygen atoms in total. The zero-order valence-electron chi connectivity index (χ0n) is 15.5. The Morgan fingerprint density at radius 3 is 2.61 bits per heavy atom. The van der Waals surface area contributed by atoms with Crippen molar-refractivity contribution >= 4 is 29.0 Å². The van der Waals surface area contributed by atoms with Crippen LogP contribution in [-0.2, 0) is 0 Å². The van der Waals surface area contributed by atoms with Gasteiger partial charge in [0.1, 0.15) is 5.82 Å². The van der Waals surface area contributed by atoms with E-state index in [2.05, 4.69) is 39.0 Å². The minimum absolute atomic E-state index is 0. The van der Waals surface area contributed by atoms with Crippen LogP contribution in [0.1, 0.15) is 6.42 Å². The monoisotopic (exact) mass is 407 g/mol. The minimum Gasteiger partial charge on any atom is -0.490 e. The first-order chi connectivity index (χ1) is 13.2. The van der Waals surface area contributed by atoms with Gasteiger partial charge < -0.3 is 14.6 Å². The summed E-state index contributed by atoms with van der Waals surface area (Å²) in [7, 11) is 0. The van der Waals surface area contributed by atoms with Crippen LogP contribution in [0.25, 0.3) is 10.9 Å². The number of halogens is 3. The van der Waals surface area contributed by atoms with Gasteiger partial charge in [0, 0.05) is 61.6 Å². The normalized spacial score (nSPS) is 14.9. The van der Waals surface area contributed by atoms with E-state index >= 15 is 0 Å². The predicted octanol–water partition coefficient (Wildman–Crippen LogP) is 4.46. The summed E-state index contributed by atoms with van der Waals surface area (Å²) in [6, 6.07) is 11.9. The maximum Gasteiger partial charge on any atom is 0.167 e. The molecule has 150 valence electrons. The molecule has 0 saturated carbocycles. The van der Waals surface area contributed by atoms with Crippen molar-refractivity contribution in [3.8, 4) is 5.75 Å². The number of hydrogen-bond acceptors (Lipinski definition) is 3. The van der Waals surface area contributed by atoms with E-state index in [9.17, 15) is 8.78 Å². The van der Waals surface area contributed by atoms with Gasteiger partial charge in [-0.25, -0.2) is 8.78 Å². The lowest BCUT2D eigenvalue weighted by atomic mass is 10.1. The molecule has 4 rings (SSSR count). The Hall–Kier alpha value is -2.31. The van der Waals surface area contributed by atoms with Gasteiger partial charge in [0.05, 0.1) is 6.61 Å². The molecule has 1 N–H and O–H groups in total. The van der Waals surface area contributed by atoms with Crippen molar-refractivity contribution in [2.24, 2.45) is 0 Å². The SMILES string of the molecule is Cl.Fc1ccc(OCCCN2CCN(c3cccc4[nH]ccc34)CC2)c(F)c1. The van der Waals surface area contributed by atoms with E-state index < -0.39 is 11.6 Å². The molecule has 0 spiro atoms. The predicted molar refractivity (Wildman–Crippen MR) is 111 cm³/mol. The summed E-state index contributed by atoms with van der Waals surface area (Å²) in [6.45, 7) is 5.28. The summed E-state index contributed by atoms with van der Waals surface area (Å²) < 4.78 is 31.9. The topological polar surface area (TPSA) is 31.5 Å². The Kier molecular flexibility index (Phi) is 6.75. The van der Waals surface area contributed by atoms with Gasteiger partial charge in [-0.3, -0.25) is 4.90 Å². The highest BCUT2D eigenvalue weighted by atomic mass is 35.5. The van der Waals surface area contributed by atoms with Crippen LogP contribution in [0.5, 0.6) is 5.75 Å². The fourth-order valence-electron chi connectivity index (χ4n) is 3.62. The highest BCUT2D eigenvalue weighted by Crippen LogP contribution is 2.27. The summed E-state index contributed by atoms with van der Waals surface area (Å²) in [4.78, 5) is 8.09. The lowest BCUT2D eigenvalue weighted by Gasteiger charge is -2.36. The number of aromatic amines is 1. The van der Waals surface area contributed by atoms with E-state index in [1.807, 2.05) is 6.20 Å². The summed E-state index contributed by atoms with van der Waals surface area (Å²) in [5.41, 5.74) is 2.45. The highest BCUT2D eigenvalue weighted by molar-refractivity contribution is 5.92. The highest BCUT2D eigenvalue weighted by Gasteiger charge is 2.18. The Balaban J connectivity index is 0.00000225. The number of nitrogens with zero attached hydrogens (tertiary/aromatic N) is 2. The van der Waals surface area contributed by atoms with E-state index in [1.54, 1.807) is 0 Å². The Morgan fingerprint density at radius 2 is 1.82 bits per heavy atom. The smallest absolute Gasteiger partial charge is 0.167 e. The molecule has 0 amide bonds. The van der Waals surface area contributed by atoms with Crippen molar-refractivity contribution in [3.63, 3.8) is 0 Å². The molecule has 1 aliphatic heterocycles. The molecule has 0 radical (unpaired) electrons. The van der Waals surface area contributed by atoms with Crippen molar-refractivity contribution < 1.29 is 13.5 Å². The zero-order chi connectivity index (χ0) is 18.6. The summed E-state index contributed by atoms with van der Waals surface area (Å²) in [5.74, 6) is -1.13. The third kappa shape index (κ3) is 4.56. The fraction of sp³-hybridized carbons (Fsp3) is 0.333. The van der Waals surface area contributed by atoms with E-state index in [0.717, 1.165) is 45.2 Å². The molecule has 1 fully saturated rings. The second kappa shape index (κ2) is 9.26. The second-order valence-corrected chi connectivity index (χ2v) is 6.82. The second-order valence-electron chi connectivity index (χ2n) is 6.82. The molecule has 3 aromatic rings. The molecule has 7 heteroatoms. The van der Waals surface area contributed by atoms with Crippen molar-refractivity contribution in [3.05, 3.63) is 60.3 Å². The summed E-state index contributed by atoms with van der Waals surface area (Å²) >= 11 is 0. The first-order valence-corrected chi connectivity index (χ1v) is 9.32. The van der Waals surface area contributed by atoms with Gasteiger partial charge in [-0.05, 0) is 36.8 Å². The van der Waals surface area contributed by atoms with Crippen LogP contribution in [0.4, 0.5) is 14.5 Å². The number of hydrogen-bond donors (Lipinski definition) is 1. The average Bonchev–Trinajstić information content (AvgIpc) is 3.16. The van der Waals surface area contributed by atoms with Gasteiger partial charge in [0.2, 0.25) is 0 Å². The van der Waals surface area contributed by atoms with Crippen LogP contribution >= 0.6 is 12.4 Å². The van der Waals surface area contributed by atoms with Crippen molar-refractivity contribution in [2.75, 3.05) is 44.2 Å². The number of benzene rings is 2.